The quantitative estimate of drug-likeness (QED) is 0.784. The molecule has 0 bridgehead atoms. The summed E-state index contributed by atoms with van der Waals surface area (Å²) in [6, 6.07) is 4.99. The molecule has 0 fully saturated rings. The first-order valence-corrected chi connectivity index (χ1v) is 8.31. The van der Waals surface area contributed by atoms with Gasteiger partial charge >= 0.3 is 0 Å². The topological polar surface area (TPSA) is 101 Å². The molecule has 0 aliphatic carbocycles. The normalized spacial score (nSPS) is 11.7. The maximum absolute atomic E-state index is 12.0. The molecule has 0 amide bonds. The number of aromatic amines is 1. The van der Waals surface area contributed by atoms with E-state index >= 15 is 0 Å². The van der Waals surface area contributed by atoms with Crippen molar-refractivity contribution in [3.8, 4) is 22.0 Å². The van der Waals surface area contributed by atoms with Crippen LogP contribution in [0, 0.1) is 0 Å². The summed E-state index contributed by atoms with van der Waals surface area (Å²) >= 11 is 1.41. The van der Waals surface area contributed by atoms with Crippen LogP contribution in [0.2, 0.25) is 0 Å². The molecule has 0 saturated heterocycles. The lowest BCUT2D eigenvalue weighted by Gasteiger charge is -2.08. The highest BCUT2D eigenvalue weighted by Crippen LogP contribution is 2.35. The Balaban J connectivity index is 2.37. The first kappa shape index (κ1) is 12.9. The Morgan fingerprint density at radius 3 is 2.75 bits per heavy atom. The van der Waals surface area contributed by atoms with E-state index in [0.717, 1.165) is 6.26 Å². The largest absolute Gasteiger partial charge is 0.245 e. The van der Waals surface area contributed by atoms with Crippen LogP contribution >= 0.6 is 11.3 Å². The van der Waals surface area contributed by atoms with Crippen LogP contribution < -0.4 is 0 Å². The number of H-pyrrole nitrogens is 1. The van der Waals surface area contributed by atoms with Gasteiger partial charge in [-0.1, -0.05) is 12.1 Å². The lowest BCUT2D eigenvalue weighted by Crippen LogP contribution is -2.02. The number of hydrogen-bond acceptors (Lipinski definition) is 7. The van der Waals surface area contributed by atoms with Gasteiger partial charge < -0.3 is 0 Å². The Morgan fingerprint density at radius 2 is 2.15 bits per heavy atom. The molecule has 1 N–H and O–H groups in total. The van der Waals surface area contributed by atoms with Crippen LogP contribution in [0.4, 0.5) is 0 Å². The van der Waals surface area contributed by atoms with Gasteiger partial charge in [0.05, 0.1) is 10.5 Å². The van der Waals surface area contributed by atoms with Gasteiger partial charge in [-0.2, -0.15) is 5.21 Å². The van der Waals surface area contributed by atoms with E-state index in [-0.39, 0.29) is 10.7 Å². The van der Waals surface area contributed by atoms with Gasteiger partial charge in [-0.05, 0) is 11.3 Å². The fraction of sp³-hybridized carbons (Fsp3) is 0.0909. The SMILES string of the molecule is CS(=O)(=O)c1cccc(-c2nccs2)c1-c1nn[nH]n1. The number of rotatable bonds is 3. The van der Waals surface area contributed by atoms with Crippen molar-refractivity contribution in [1.82, 2.24) is 25.6 Å². The number of benzene rings is 1. The van der Waals surface area contributed by atoms with Crippen molar-refractivity contribution in [3.63, 3.8) is 0 Å². The zero-order chi connectivity index (χ0) is 14.2. The van der Waals surface area contributed by atoms with Crippen molar-refractivity contribution >= 4 is 21.2 Å². The fourth-order valence-electron chi connectivity index (χ4n) is 1.87. The molecular formula is C11H9N5O2S2. The maximum Gasteiger partial charge on any atom is 0.206 e. The van der Waals surface area contributed by atoms with Gasteiger partial charge in [0.2, 0.25) is 5.82 Å². The third-order valence-electron chi connectivity index (χ3n) is 2.66. The number of thiazole rings is 1. The first-order valence-electron chi connectivity index (χ1n) is 5.54. The van der Waals surface area contributed by atoms with Crippen molar-refractivity contribution < 1.29 is 8.42 Å². The average Bonchev–Trinajstić information content (AvgIpc) is 3.10. The van der Waals surface area contributed by atoms with E-state index in [1.807, 2.05) is 5.38 Å². The van der Waals surface area contributed by atoms with Crippen molar-refractivity contribution in [2.75, 3.05) is 6.26 Å². The number of sulfone groups is 1. The lowest BCUT2D eigenvalue weighted by atomic mass is 10.1. The molecule has 2 heterocycles. The first-order chi connectivity index (χ1) is 9.57. The highest BCUT2D eigenvalue weighted by molar-refractivity contribution is 7.90. The van der Waals surface area contributed by atoms with Gasteiger partial charge in [0, 0.05) is 23.4 Å². The minimum atomic E-state index is -3.42. The second-order valence-electron chi connectivity index (χ2n) is 4.02. The molecule has 0 atom stereocenters. The zero-order valence-corrected chi connectivity index (χ0v) is 11.9. The summed E-state index contributed by atoms with van der Waals surface area (Å²) in [4.78, 5) is 4.38. The molecule has 0 aliphatic heterocycles. The van der Waals surface area contributed by atoms with Gasteiger partial charge in [0.15, 0.2) is 9.84 Å². The number of tetrazole rings is 1. The van der Waals surface area contributed by atoms with Crippen molar-refractivity contribution in [3.05, 3.63) is 29.8 Å². The summed E-state index contributed by atoms with van der Waals surface area (Å²) < 4.78 is 23.9. The molecule has 2 aromatic heterocycles. The highest BCUT2D eigenvalue weighted by Gasteiger charge is 2.22. The Bertz CT molecular complexity index is 826. The number of aromatic nitrogens is 5. The number of hydrogen-bond donors (Lipinski definition) is 1. The fourth-order valence-corrected chi connectivity index (χ4v) is 3.44. The Kier molecular flexibility index (Phi) is 3.07. The number of nitrogens with one attached hydrogen (secondary N) is 1. The van der Waals surface area contributed by atoms with Gasteiger partial charge in [0.1, 0.15) is 5.01 Å². The van der Waals surface area contributed by atoms with Crippen LogP contribution in [0.25, 0.3) is 22.0 Å². The zero-order valence-electron chi connectivity index (χ0n) is 10.3. The second kappa shape index (κ2) is 4.76. The summed E-state index contributed by atoms with van der Waals surface area (Å²) in [5.74, 6) is 0.233. The van der Waals surface area contributed by atoms with Crippen molar-refractivity contribution in [1.29, 1.82) is 0 Å². The minimum Gasteiger partial charge on any atom is -0.245 e. The predicted octanol–water partition coefficient (Wildman–Crippen LogP) is 1.39. The molecule has 3 aromatic rings. The van der Waals surface area contributed by atoms with Crippen LogP contribution in [0.5, 0.6) is 0 Å². The Hall–Kier alpha value is -2.13. The standard InChI is InChI=1S/C11H9N5O2S2/c1-20(17,18)8-4-2-3-7(11-12-5-6-19-11)9(8)10-13-15-16-14-10/h2-6H,1H3,(H,13,14,15,16). The second-order valence-corrected chi connectivity index (χ2v) is 6.90. The van der Waals surface area contributed by atoms with Crippen LogP contribution in [0.15, 0.2) is 34.7 Å². The molecule has 0 aliphatic rings. The van der Waals surface area contributed by atoms with E-state index in [4.69, 9.17) is 0 Å². The molecule has 0 unspecified atom stereocenters. The summed E-state index contributed by atoms with van der Waals surface area (Å²) in [6.07, 6.45) is 2.81. The van der Waals surface area contributed by atoms with Crippen LogP contribution in [-0.4, -0.2) is 40.3 Å². The molecule has 9 heteroatoms. The molecule has 20 heavy (non-hydrogen) atoms. The summed E-state index contributed by atoms with van der Waals surface area (Å²) in [5, 5.41) is 16.2. The van der Waals surface area contributed by atoms with E-state index < -0.39 is 9.84 Å². The smallest absolute Gasteiger partial charge is 0.206 e. The summed E-state index contributed by atoms with van der Waals surface area (Å²) in [7, 11) is -3.42. The van der Waals surface area contributed by atoms with Crippen LogP contribution in [0.3, 0.4) is 0 Å². The molecular weight excluding hydrogens is 298 g/mol. The minimum absolute atomic E-state index is 0.159. The van der Waals surface area contributed by atoms with Crippen molar-refractivity contribution in [2.24, 2.45) is 0 Å². The third-order valence-corrected chi connectivity index (χ3v) is 4.60. The van der Waals surface area contributed by atoms with Crippen molar-refractivity contribution in [2.45, 2.75) is 4.90 Å². The molecule has 7 nitrogen and oxygen atoms in total. The number of nitrogens with zero attached hydrogens (tertiary/aromatic N) is 4. The monoisotopic (exact) mass is 307 g/mol. The van der Waals surface area contributed by atoms with E-state index in [2.05, 4.69) is 25.6 Å². The van der Waals surface area contributed by atoms with Gasteiger partial charge in [-0.3, -0.25) is 0 Å². The summed E-state index contributed by atoms with van der Waals surface area (Å²) in [6.45, 7) is 0. The molecule has 0 saturated carbocycles. The molecule has 0 radical (unpaired) electrons. The van der Waals surface area contributed by atoms with Crippen LogP contribution in [-0.2, 0) is 9.84 Å². The van der Waals surface area contributed by atoms with Gasteiger partial charge in [-0.25, -0.2) is 13.4 Å². The van der Waals surface area contributed by atoms with Crippen LogP contribution in [0.1, 0.15) is 0 Å². The van der Waals surface area contributed by atoms with Gasteiger partial charge in [-0.15, -0.1) is 21.5 Å². The Morgan fingerprint density at radius 1 is 1.30 bits per heavy atom. The lowest BCUT2D eigenvalue weighted by molar-refractivity contribution is 0.602. The maximum atomic E-state index is 12.0. The van der Waals surface area contributed by atoms with E-state index in [0.29, 0.717) is 16.1 Å². The van der Waals surface area contributed by atoms with Gasteiger partial charge in [0.25, 0.3) is 0 Å². The molecule has 1 aromatic carbocycles. The van der Waals surface area contributed by atoms with E-state index in [1.165, 1.54) is 17.4 Å². The average molecular weight is 307 g/mol. The third kappa shape index (κ3) is 2.21. The van der Waals surface area contributed by atoms with E-state index in [9.17, 15) is 8.42 Å². The predicted molar refractivity (Wildman–Crippen MR) is 73.8 cm³/mol. The Labute approximate surface area is 118 Å². The summed E-state index contributed by atoms with van der Waals surface area (Å²) in [5.41, 5.74) is 1.09. The molecule has 102 valence electrons. The van der Waals surface area contributed by atoms with E-state index in [1.54, 1.807) is 18.3 Å². The highest BCUT2D eigenvalue weighted by atomic mass is 32.2. The molecule has 0 spiro atoms. The molecule has 3 rings (SSSR count).